The third kappa shape index (κ3) is 5.03. The highest BCUT2D eigenvalue weighted by atomic mass is 79.9. The minimum atomic E-state index is -0.702. The fourth-order valence-corrected chi connectivity index (χ4v) is 5.66. The second kappa shape index (κ2) is 10.8. The van der Waals surface area contributed by atoms with Crippen molar-refractivity contribution in [2.75, 3.05) is 13.7 Å². The van der Waals surface area contributed by atoms with E-state index in [0.717, 1.165) is 11.1 Å². The Morgan fingerprint density at radius 3 is 2.64 bits per heavy atom. The molecule has 0 fully saturated rings. The molecule has 1 aromatic heterocycles. The summed E-state index contributed by atoms with van der Waals surface area (Å²) in [5.74, 6) is 0.837. The number of hydrogen-bond acceptors (Lipinski definition) is 7. The van der Waals surface area contributed by atoms with Gasteiger partial charge in [-0.3, -0.25) is 9.36 Å². The lowest BCUT2D eigenvalue weighted by molar-refractivity contribution is -0.139. The zero-order valence-electron chi connectivity index (χ0n) is 20.7. The van der Waals surface area contributed by atoms with Gasteiger partial charge < -0.3 is 14.2 Å². The maximum atomic E-state index is 13.8. The second-order valence-electron chi connectivity index (χ2n) is 8.40. The molecule has 0 radical (unpaired) electrons. The van der Waals surface area contributed by atoms with Crippen molar-refractivity contribution in [3.8, 4) is 11.5 Å². The summed E-state index contributed by atoms with van der Waals surface area (Å²) in [6, 6.07) is 12.4. The molecule has 0 N–H and O–H groups in total. The molecule has 2 aromatic carbocycles. The summed E-state index contributed by atoms with van der Waals surface area (Å²) in [5, 5.41) is 0. The molecule has 1 aliphatic rings. The van der Waals surface area contributed by atoms with Gasteiger partial charge in [-0.05, 0) is 73.5 Å². The molecule has 188 valence electrons. The van der Waals surface area contributed by atoms with Crippen LogP contribution in [0, 0.1) is 0 Å². The van der Waals surface area contributed by atoms with E-state index in [4.69, 9.17) is 14.2 Å². The van der Waals surface area contributed by atoms with Crippen LogP contribution in [-0.4, -0.2) is 30.4 Å². The molecule has 0 amide bonds. The second-order valence-corrected chi connectivity index (χ2v) is 10.3. The predicted octanol–water partition coefficient (Wildman–Crippen LogP) is 4.36. The molecule has 4 rings (SSSR count). The molecular weight excluding hydrogens is 544 g/mol. The van der Waals surface area contributed by atoms with Crippen LogP contribution in [0.3, 0.4) is 0 Å². The van der Waals surface area contributed by atoms with E-state index in [1.54, 1.807) is 31.6 Å². The smallest absolute Gasteiger partial charge is 0.338 e. The largest absolute Gasteiger partial charge is 0.496 e. The SMILES string of the molecule is CCOC(=O)C1=C(C)N=c2s/c(=C/c3ccccc3OC(C)C)c(=O)n2[C@H]1c1ccc(OC)c(Br)c1. The highest BCUT2D eigenvalue weighted by molar-refractivity contribution is 9.10. The van der Waals surface area contributed by atoms with Crippen LogP contribution < -0.4 is 24.4 Å². The van der Waals surface area contributed by atoms with Crippen LogP contribution >= 0.6 is 27.3 Å². The first-order valence-electron chi connectivity index (χ1n) is 11.5. The van der Waals surface area contributed by atoms with E-state index in [1.165, 1.54) is 11.3 Å². The number of esters is 1. The van der Waals surface area contributed by atoms with Crippen molar-refractivity contribution in [2.24, 2.45) is 4.99 Å². The highest BCUT2D eigenvalue weighted by Crippen LogP contribution is 2.35. The van der Waals surface area contributed by atoms with Crippen molar-refractivity contribution in [3.05, 3.63) is 89.0 Å². The van der Waals surface area contributed by atoms with Crippen LogP contribution in [0.2, 0.25) is 0 Å². The van der Waals surface area contributed by atoms with Gasteiger partial charge in [-0.2, -0.15) is 0 Å². The number of rotatable bonds is 7. The van der Waals surface area contributed by atoms with Crippen LogP contribution in [-0.2, 0) is 9.53 Å². The Kier molecular flexibility index (Phi) is 7.80. The third-order valence-electron chi connectivity index (χ3n) is 5.58. The molecule has 1 aliphatic heterocycles. The van der Waals surface area contributed by atoms with E-state index >= 15 is 0 Å². The van der Waals surface area contributed by atoms with Crippen LogP contribution in [0.5, 0.6) is 11.5 Å². The Labute approximate surface area is 221 Å². The van der Waals surface area contributed by atoms with Crippen molar-refractivity contribution in [1.29, 1.82) is 0 Å². The number of ether oxygens (including phenoxy) is 3. The summed E-state index contributed by atoms with van der Waals surface area (Å²) < 4.78 is 19.4. The molecule has 0 saturated carbocycles. The number of carbonyl (C=O) groups is 1. The molecular formula is C27H27BrN2O5S. The Morgan fingerprint density at radius 1 is 1.22 bits per heavy atom. The number of methoxy groups -OCH3 is 1. The molecule has 0 spiro atoms. The van der Waals surface area contributed by atoms with Crippen molar-refractivity contribution in [2.45, 2.75) is 39.8 Å². The molecule has 9 heteroatoms. The molecule has 7 nitrogen and oxygen atoms in total. The number of fused-ring (bicyclic) bond motifs is 1. The van der Waals surface area contributed by atoms with Gasteiger partial charge in [0.1, 0.15) is 11.5 Å². The molecule has 0 bridgehead atoms. The molecule has 36 heavy (non-hydrogen) atoms. The van der Waals surface area contributed by atoms with Crippen LogP contribution in [0.15, 0.2) is 68.0 Å². The molecule has 0 saturated heterocycles. The van der Waals surface area contributed by atoms with Gasteiger partial charge in [0.2, 0.25) is 0 Å². The van der Waals surface area contributed by atoms with Crippen molar-refractivity contribution in [1.82, 2.24) is 4.57 Å². The molecule has 0 unspecified atom stereocenters. The van der Waals surface area contributed by atoms with E-state index < -0.39 is 12.0 Å². The van der Waals surface area contributed by atoms with Crippen LogP contribution in [0.1, 0.15) is 44.9 Å². The predicted molar refractivity (Wildman–Crippen MR) is 143 cm³/mol. The quantitative estimate of drug-likeness (QED) is 0.394. The first-order valence-corrected chi connectivity index (χ1v) is 13.1. The van der Waals surface area contributed by atoms with E-state index in [2.05, 4.69) is 20.9 Å². The summed E-state index contributed by atoms with van der Waals surface area (Å²) in [7, 11) is 1.58. The Balaban J connectivity index is 1.95. The lowest BCUT2D eigenvalue weighted by atomic mass is 9.96. The van der Waals surface area contributed by atoms with Gasteiger partial charge in [0.05, 0.1) is 46.1 Å². The minimum Gasteiger partial charge on any atom is -0.496 e. The van der Waals surface area contributed by atoms with E-state index in [9.17, 15) is 9.59 Å². The number of halogens is 1. The maximum absolute atomic E-state index is 13.8. The molecule has 3 aromatic rings. The average molecular weight is 571 g/mol. The number of allylic oxidation sites excluding steroid dienone is 1. The number of nitrogens with zero attached hydrogens (tertiary/aromatic N) is 2. The van der Waals surface area contributed by atoms with Crippen molar-refractivity contribution < 1.29 is 19.0 Å². The lowest BCUT2D eigenvalue weighted by Crippen LogP contribution is -2.40. The van der Waals surface area contributed by atoms with Gasteiger partial charge in [0.25, 0.3) is 5.56 Å². The Hall–Kier alpha value is -3.17. The number of benzene rings is 2. The minimum absolute atomic E-state index is 0.0101. The molecule has 0 aliphatic carbocycles. The van der Waals surface area contributed by atoms with E-state index in [0.29, 0.717) is 36.6 Å². The summed E-state index contributed by atoms with van der Waals surface area (Å²) in [6.45, 7) is 7.64. The van der Waals surface area contributed by atoms with Crippen LogP contribution in [0.4, 0.5) is 0 Å². The summed E-state index contributed by atoms with van der Waals surface area (Å²) in [4.78, 5) is 32.0. The van der Waals surface area contributed by atoms with E-state index in [1.807, 2.05) is 56.3 Å². The highest BCUT2D eigenvalue weighted by Gasteiger charge is 2.33. The number of para-hydroxylation sites is 1. The number of carbonyl (C=O) groups excluding carboxylic acids is 1. The zero-order valence-corrected chi connectivity index (χ0v) is 23.1. The lowest BCUT2D eigenvalue weighted by Gasteiger charge is -2.25. The summed E-state index contributed by atoms with van der Waals surface area (Å²) in [5.41, 5.74) is 2.13. The first-order chi connectivity index (χ1) is 17.2. The van der Waals surface area contributed by atoms with Gasteiger partial charge >= 0.3 is 5.97 Å². The molecule has 2 heterocycles. The van der Waals surface area contributed by atoms with E-state index in [-0.39, 0.29) is 18.3 Å². The number of thiazole rings is 1. The normalized spacial score (nSPS) is 15.5. The summed E-state index contributed by atoms with van der Waals surface area (Å²) >= 11 is 4.80. The Morgan fingerprint density at radius 2 is 1.97 bits per heavy atom. The number of hydrogen-bond donors (Lipinski definition) is 0. The van der Waals surface area contributed by atoms with Crippen molar-refractivity contribution in [3.63, 3.8) is 0 Å². The standard InChI is InChI=1S/C27H27BrN2O5S/c1-6-34-26(32)23-16(4)29-27-30(24(23)18-11-12-21(33-5)19(28)13-18)25(31)22(36-27)14-17-9-7-8-10-20(17)35-15(2)3/h7-15,24H,6H2,1-5H3/b22-14+/t24-/m0/s1. The monoisotopic (exact) mass is 570 g/mol. The van der Waals surface area contributed by atoms with Crippen LogP contribution in [0.25, 0.3) is 6.08 Å². The third-order valence-corrected chi connectivity index (χ3v) is 7.18. The van der Waals surface area contributed by atoms with Gasteiger partial charge in [-0.15, -0.1) is 0 Å². The van der Waals surface area contributed by atoms with Crippen molar-refractivity contribution >= 4 is 39.3 Å². The first kappa shape index (κ1) is 25.9. The van der Waals surface area contributed by atoms with Gasteiger partial charge in [-0.25, -0.2) is 9.79 Å². The maximum Gasteiger partial charge on any atom is 0.338 e. The topological polar surface area (TPSA) is 79.1 Å². The summed E-state index contributed by atoms with van der Waals surface area (Å²) in [6.07, 6.45) is 1.80. The zero-order chi connectivity index (χ0) is 26.0. The van der Waals surface area contributed by atoms with Gasteiger partial charge in [-0.1, -0.05) is 35.6 Å². The van der Waals surface area contributed by atoms with Gasteiger partial charge in [0.15, 0.2) is 4.80 Å². The Bertz CT molecular complexity index is 1520. The number of aromatic nitrogens is 1. The fourth-order valence-electron chi connectivity index (χ4n) is 4.06. The fraction of sp³-hybridized carbons (Fsp3) is 0.296. The average Bonchev–Trinajstić information content (AvgIpc) is 3.13. The van der Waals surface area contributed by atoms with Gasteiger partial charge in [0, 0.05) is 5.56 Å². The molecule has 1 atom stereocenters.